The summed E-state index contributed by atoms with van der Waals surface area (Å²) < 4.78 is 19.5. The van der Waals surface area contributed by atoms with Gasteiger partial charge in [-0.3, -0.25) is 4.79 Å². The molecule has 1 aromatic rings. The van der Waals surface area contributed by atoms with Crippen molar-refractivity contribution < 1.29 is 19.0 Å². The fraction of sp³-hybridized carbons (Fsp3) is 0.579. The Labute approximate surface area is 141 Å². The summed E-state index contributed by atoms with van der Waals surface area (Å²) in [6.07, 6.45) is 4.80. The second-order valence-electron chi connectivity index (χ2n) is 7.30. The molecule has 1 aromatic carbocycles. The van der Waals surface area contributed by atoms with Gasteiger partial charge in [0.15, 0.2) is 5.41 Å². The Morgan fingerprint density at radius 1 is 1.29 bits per heavy atom. The molecule has 1 N–H and O–H groups in total. The number of hydrogen-bond donors (Lipinski definition) is 1. The number of nitrogens with zero attached hydrogens (tertiary/aromatic N) is 1. The molecule has 1 aliphatic heterocycles. The van der Waals surface area contributed by atoms with Crippen molar-refractivity contribution >= 4 is 5.97 Å². The van der Waals surface area contributed by atoms with Crippen molar-refractivity contribution in [1.29, 1.82) is 5.26 Å². The molecule has 2 aliphatic rings. The summed E-state index contributed by atoms with van der Waals surface area (Å²) in [4.78, 5) is 12.1. The molecule has 1 aliphatic carbocycles. The van der Waals surface area contributed by atoms with Gasteiger partial charge in [0, 0.05) is 12.0 Å². The third-order valence-electron chi connectivity index (χ3n) is 6.08. The molecule has 3 rings (SSSR count). The van der Waals surface area contributed by atoms with Crippen LogP contribution in [-0.2, 0) is 14.9 Å². The molecule has 0 aromatic heterocycles. The van der Waals surface area contributed by atoms with Crippen molar-refractivity contribution in [2.75, 3.05) is 6.61 Å². The Morgan fingerprint density at radius 3 is 2.46 bits per heavy atom. The Morgan fingerprint density at radius 2 is 1.92 bits per heavy atom. The first-order valence-electron chi connectivity index (χ1n) is 8.42. The van der Waals surface area contributed by atoms with Crippen LogP contribution in [0.2, 0.25) is 0 Å². The average molecular weight is 331 g/mol. The predicted octanol–water partition coefficient (Wildman–Crippen LogP) is 3.80. The minimum atomic E-state index is -1.59. The molecule has 0 bridgehead atoms. The highest BCUT2D eigenvalue weighted by atomic mass is 19.1. The SMILES string of the molecule is CC(C#N)(C(=O)O)C1(c2ccc(F)cc2)CCOC2(CCCC2)C1. The number of rotatable bonds is 3. The molecule has 1 saturated carbocycles. The maximum absolute atomic E-state index is 13.4. The maximum atomic E-state index is 13.4. The lowest BCUT2D eigenvalue weighted by Gasteiger charge is -2.51. The topological polar surface area (TPSA) is 70.3 Å². The van der Waals surface area contributed by atoms with E-state index < -0.39 is 16.8 Å². The first kappa shape index (κ1) is 16.9. The van der Waals surface area contributed by atoms with Crippen LogP contribution in [0.15, 0.2) is 24.3 Å². The van der Waals surface area contributed by atoms with Crippen LogP contribution < -0.4 is 0 Å². The van der Waals surface area contributed by atoms with Crippen LogP contribution >= 0.6 is 0 Å². The number of aliphatic carboxylic acids is 1. The van der Waals surface area contributed by atoms with Crippen LogP contribution in [0.25, 0.3) is 0 Å². The van der Waals surface area contributed by atoms with Crippen LogP contribution in [-0.4, -0.2) is 23.3 Å². The zero-order chi connectivity index (χ0) is 17.4. The molecule has 2 fully saturated rings. The van der Waals surface area contributed by atoms with Gasteiger partial charge in [0.05, 0.1) is 11.7 Å². The Balaban J connectivity index is 2.16. The minimum Gasteiger partial charge on any atom is -0.480 e. The van der Waals surface area contributed by atoms with Crippen molar-refractivity contribution in [2.24, 2.45) is 5.41 Å². The second kappa shape index (κ2) is 5.86. The van der Waals surface area contributed by atoms with Crippen LogP contribution in [0.4, 0.5) is 4.39 Å². The van der Waals surface area contributed by atoms with E-state index in [-0.39, 0.29) is 11.4 Å². The molecule has 1 spiro atoms. The molecule has 1 saturated heterocycles. The normalized spacial score (nSPS) is 28.2. The van der Waals surface area contributed by atoms with Gasteiger partial charge in [-0.25, -0.2) is 4.39 Å². The monoisotopic (exact) mass is 331 g/mol. The van der Waals surface area contributed by atoms with Gasteiger partial charge in [-0.2, -0.15) is 5.26 Å². The van der Waals surface area contributed by atoms with Crippen molar-refractivity contribution in [3.05, 3.63) is 35.6 Å². The summed E-state index contributed by atoms with van der Waals surface area (Å²) in [7, 11) is 0. The summed E-state index contributed by atoms with van der Waals surface area (Å²) in [5, 5.41) is 19.6. The minimum absolute atomic E-state index is 0.361. The van der Waals surface area contributed by atoms with E-state index in [9.17, 15) is 19.6 Å². The summed E-state index contributed by atoms with van der Waals surface area (Å²) in [6.45, 7) is 1.91. The van der Waals surface area contributed by atoms with E-state index >= 15 is 0 Å². The zero-order valence-electron chi connectivity index (χ0n) is 13.8. The molecule has 4 nitrogen and oxygen atoms in total. The largest absolute Gasteiger partial charge is 0.480 e. The maximum Gasteiger partial charge on any atom is 0.324 e. The van der Waals surface area contributed by atoms with E-state index in [1.807, 2.05) is 0 Å². The lowest BCUT2D eigenvalue weighted by molar-refractivity contribution is -0.159. The van der Waals surface area contributed by atoms with Gasteiger partial charge in [-0.05, 0) is 50.3 Å². The van der Waals surface area contributed by atoms with Gasteiger partial charge in [0.2, 0.25) is 0 Å². The fourth-order valence-corrected chi connectivity index (χ4v) is 4.56. The van der Waals surface area contributed by atoms with Gasteiger partial charge >= 0.3 is 5.97 Å². The molecule has 2 atom stereocenters. The standard InChI is InChI=1S/C19H22FNO3/c1-17(13-21,16(22)23)19(14-4-6-15(20)7-5-14)10-11-24-18(12-19)8-2-3-9-18/h4-7H,2-3,8-12H2,1H3,(H,22,23). The van der Waals surface area contributed by atoms with E-state index in [2.05, 4.69) is 6.07 Å². The van der Waals surface area contributed by atoms with E-state index in [1.54, 1.807) is 12.1 Å². The Hall–Kier alpha value is -1.93. The first-order valence-corrected chi connectivity index (χ1v) is 8.42. The highest BCUT2D eigenvalue weighted by Crippen LogP contribution is 2.56. The van der Waals surface area contributed by atoms with Crippen LogP contribution in [0.3, 0.4) is 0 Å². The first-order chi connectivity index (χ1) is 11.4. The summed E-state index contributed by atoms with van der Waals surface area (Å²) >= 11 is 0. The lowest BCUT2D eigenvalue weighted by atomic mass is 9.54. The van der Waals surface area contributed by atoms with Crippen molar-refractivity contribution in [3.8, 4) is 6.07 Å². The highest BCUT2D eigenvalue weighted by Gasteiger charge is 2.60. The smallest absolute Gasteiger partial charge is 0.324 e. The number of hydrogen-bond acceptors (Lipinski definition) is 3. The predicted molar refractivity (Wildman–Crippen MR) is 85.8 cm³/mol. The Kier molecular flexibility index (Phi) is 4.13. The molecule has 0 radical (unpaired) electrons. The van der Waals surface area contributed by atoms with Crippen LogP contribution in [0.1, 0.15) is 51.0 Å². The molecule has 24 heavy (non-hydrogen) atoms. The molecular weight excluding hydrogens is 309 g/mol. The number of benzene rings is 1. The van der Waals surface area contributed by atoms with Gasteiger partial charge in [-0.1, -0.05) is 25.0 Å². The van der Waals surface area contributed by atoms with E-state index in [0.29, 0.717) is 25.0 Å². The number of carboxylic acid groups (broad SMARTS) is 1. The van der Waals surface area contributed by atoms with E-state index in [1.165, 1.54) is 19.1 Å². The number of carboxylic acids is 1. The van der Waals surface area contributed by atoms with E-state index in [0.717, 1.165) is 25.7 Å². The highest BCUT2D eigenvalue weighted by molar-refractivity contribution is 5.80. The molecule has 2 unspecified atom stereocenters. The molecule has 5 heteroatoms. The van der Waals surface area contributed by atoms with Gasteiger partial charge < -0.3 is 9.84 Å². The van der Waals surface area contributed by atoms with Crippen LogP contribution in [0, 0.1) is 22.6 Å². The number of carbonyl (C=O) groups is 1. The van der Waals surface area contributed by atoms with Gasteiger partial charge in [0.25, 0.3) is 0 Å². The second-order valence-corrected chi connectivity index (χ2v) is 7.30. The zero-order valence-corrected chi connectivity index (χ0v) is 13.8. The summed E-state index contributed by atoms with van der Waals surface area (Å²) in [6, 6.07) is 7.99. The van der Waals surface area contributed by atoms with Crippen molar-refractivity contribution in [1.82, 2.24) is 0 Å². The number of nitriles is 1. The van der Waals surface area contributed by atoms with Gasteiger partial charge in [-0.15, -0.1) is 0 Å². The lowest BCUT2D eigenvalue weighted by Crippen LogP contribution is -2.56. The quantitative estimate of drug-likeness (QED) is 0.914. The van der Waals surface area contributed by atoms with Gasteiger partial charge in [0.1, 0.15) is 5.82 Å². The molecule has 1 heterocycles. The van der Waals surface area contributed by atoms with Crippen molar-refractivity contribution in [2.45, 2.75) is 56.5 Å². The molecular formula is C19H22FNO3. The summed E-state index contributed by atoms with van der Waals surface area (Å²) in [5.74, 6) is -1.50. The fourth-order valence-electron chi connectivity index (χ4n) is 4.56. The molecule has 128 valence electrons. The molecule has 0 amide bonds. The third-order valence-corrected chi connectivity index (χ3v) is 6.08. The number of halogens is 1. The van der Waals surface area contributed by atoms with E-state index in [4.69, 9.17) is 4.74 Å². The van der Waals surface area contributed by atoms with Crippen molar-refractivity contribution in [3.63, 3.8) is 0 Å². The van der Waals surface area contributed by atoms with Crippen LogP contribution in [0.5, 0.6) is 0 Å². The third kappa shape index (κ3) is 2.41. The summed E-state index contributed by atoms with van der Waals surface area (Å²) in [5.41, 5.74) is -2.13. The number of ether oxygens (including phenoxy) is 1. The average Bonchev–Trinajstić information content (AvgIpc) is 3.01. The Bertz CT molecular complexity index is 675.